The molecule has 0 amide bonds. The van der Waals surface area contributed by atoms with Gasteiger partial charge in [0.25, 0.3) is 0 Å². The van der Waals surface area contributed by atoms with Crippen LogP contribution in [0, 0.1) is 19.8 Å². The van der Waals surface area contributed by atoms with E-state index in [1.807, 2.05) is 0 Å². The molecule has 0 unspecified atom stereocenters. The first-order chi connectivity index (χ1) is 9.49. The molecule has 1 aromatic rings. The van der Waals surface area contributed by atoms with Gasteiger partial charge in [-0.1, -0.05) is 29.3 Å². The molecule has 1 aliphatic carbocycles. The fraction of sp³-hybridized carbons (Fsp3) is 0.647. The van der Waals surface area contributed by atoms with E-state index in [4.69, 9.17) is 5.73 Å². The minimum absolute atomic E-state index is 0.0956. The van der Waals surface area contributed by atoms with Crippen LogP contribution in [0.3, 0.4) is 0 Å². The highest BCUT2D eigenvalue weighted by atomic mass is 79.9. The lowest BCUT2D eigenvalue weighted by Crippen LogP contribution is -2.48. The van der Waals surface area contributed by atoms with E-state index in [0.717, 1.165) is 12.5 Å². The Balaban J connectivity index is 2.15. The van der Waals surface area contributed by atoms with Gasteiger partial charge >= 0.3 is 0 Å². The molecule has 1 aliphatic rings. The Bertz CT molecular complexity index is 439. The highest BCUT2D eigenvalue weighted by molar-refractivity contribution is 9.10. The van der Waals surface area contributed by atoms with Gasteiger partial charge in [-0.25, -0.2) is 0 Å². The Morgan fingerprint density at radius 1 is 1.25 bits per heavy atom. The number of hydrogen-bond donors (Lipinski definition) is 2. The van der Waals surface area contributed by atoms with Gasteiger partial charge < -0.3 is 11.1 Å². The van der Waals surface area contributed by atoms with Gasteiger partial charge in [0.05, 0.1) is 0 Å². The zero-order valence-corrected chi connectivity index (χ0v) is 14.5. The first-order valence-corrected chi connectivity index (χ1v) is 8.54. The quantitative estimate of drug-likeness (QED) is 0.829. The molecule has 0 aliphatic heterocycles. The highest BCUT2D eigenvalue weighted by Crippen LogP contribution is 2.36. The third kappa shape index (κ3) is 3.37. The largest absolute Gasteiger partial charge is 0.378 e. The fourth-order valence-electron chi connectivity index (χ4n) is 3.34. The van der Waals surface area contributed by atoms with Crippen LogP contribution in [0.2, 0.25) is 0 Å². The van der Waals surface area contributed by atoms with E-state index in [-0.39, 0.29) is 5.54 Å². The number of nitrogens with two attached hydrogens (primary N) is 1. The molecule has 1 fully saturated rings. The molecular formula is C17H27BrN2. The fourth-order valence-corrected chi connectivity index (χ4v) is 3.57. The molecule has 1 aromatic carbocycles. The van der Waals surface area contributed by atoms with Gasteiger partial charge in [-0.05, 0) is 68.7 Å². The summed E-state index contributed by atoms with van der Waals surface area (Å²) in [6.07, 6.45) is 6.29. The predicted molar refractivity (Wildman–Crippen MR) is 91.3 cm³/mol. The molecule has 0 saturated heterocycles. The second kappa shape index (κ2) is 6.48. The summed E-state index contributed by atoms with van der Waals surface area (Å²) < 4.78 is 1.21. The first kappa shape index (κ1) is 15.8. The van der Waals surface area contributed by atoms with Crippen LogP contribution in [0.15, 0.2) is 16.6 Å². The molecule has 0 radical (unpaired) electrons. The standard InChI is InChI=1S/C17H27BrN2/c1-4-14-5-7-17(11-19,8-6-14)20-15-9-12(2)16(18)13(3)10-15/h9-10,14,20H,4-8,11,19H2,1-3H3. The van der Waals surface area contributed by atoms with E-state index in [0.29, 0.717) is 0 Å². The van der Waals surface area contributed by atoms with Crippen molar-refractivity contribution in [2.24, 2.45) is 11.7 Å². The normalized spacial score (nSPS) is 26.6. The number of aryl methyl sites for hydroxylation is 2. The minimum Gasteiger partial charge on any atom is -0.378 e. The van der Waals surface area contributed by atoms with Crippen molar-refractivity contribution in [3.05, 3.63) is 27.7 Å². The molecule has 20 heavy (non-hydrogen) atoms. The van der Waals surface area contributed by atoms with Crippen molar-refractivity contribution in [1.82, 2.24) is 0 Å². The Hall–Kier alpha value is -0.540. The van der Waals surface area contributed by atoms with Crippen molar-refractivity contribution < 1.29 is 0 Å². The first-order valence-electron chi connectivity index (χ1n) is 7.74. The van der Waals surface area contributed by atoms with Crippen LogP contribution < -0.4 is 11.1 Å². The molecule has 2 rings (SSSR count). The number of hydrogen-bond acceptors (Lipinski definition) is 2. The number of benzene rings is 1. The average molecular weight is 339 g/mol. The van der Waals surface area contributed by atoms with Crippen LogP contribution in [0.1, 0.15) is 50.2 Å². The van der Waals surface area contributed by atoms with Crippen LogP contribution in [-0.2, 0) is 0 Å². The molecule has 0 spiro atoms. The zero-order chi connectivity index (χ0) is 14.8. The van der Waals surface area contributed by atoms with Crippen molar-refractivity contribution >= 4 is 21.6 Å². The molecule has 0 aromatic heterocycles. The van der Waals surface area contributed by atoms with Crippen molar-refractivity contribution in [2.45, 2.75) is 58.4 Å². The van der Waals surface area contributed by atoms with E-state index < -0.39 is 0 Å². The lowest BCUT2D eigenvalue weighted by atomic mass is 9.75. The SMILES string of the molecule is CCC1CCC(CN)(Nc2cc(C)c(Br)c(C)c2)CC1. The molecule has 2 nitrogen and oxygen atoms in total. The summed E-state index contributed by atoms with van der Waals surface area (Å²) in [5, 5.41) is 3.75. The molecule has 3 N–H and O–H groups in total. The van der Waals surface area contributed by atoms with E-state index in [1.54, 1.807) is 0 Å². The summed E-state index contributed by atoms with van der Waals surface area (Å²) in [6, 6.07) is 4.45. The molecule has 1 saturated carbocycles. The monoisotopic (exact) mass is 338 g/mol. The van der Waals surface area contributed by atoms with Gasteiger partial charge in [0.15, 0.2) is 0 Å². The van der Waals surface area contributed by atoms with Gasteiger partial charge in [0.1, 0.15) is 0 Å². The molecule has 0 bridgehead atoms. The van der Waals surface area contributed by atoms with Crippen molar-refractivity contribution in [1.29, 1.82) is 0 Å². The van der Waals surface area contributed by atoms with Crippen molar-refractivity contribution in [2.75, 3.05) is 11.9 Å². The lowest BCUT2D eigenvalue weighted by Gasteiger charge is -2.41. The molecule has 0 atom stereocenters. The molecular weight excluding hydrogens is 312 g/mol. The van der Waals surface area contributed by atoms with Crippen LogP contribution in [0.25, 0.3) is 0 Å². The third-order valence-electron chi connectivity index (χ3n) is 4.88. The Kier molecular flexibility index (Phi) is 5.14. The van der Waals surface area contributed by atoms with Crippen molar-refractivity contribution in [3.8, 4) is 0 Å². The number of nitrogens with one attached hydrogen (secondary N) is 1. The van der Waals surface area contributed by atoms with Gasteiger partial charge in [-0.2, -0.15) is 0 Å². The maximum Gasteiger partial charge on any atom is 0.0495 e. The summed E-state index contributed by atoms with van der Waals surface area (Å²) >= 11 is 3.63. The van der Waals surface area contributed by atoms with E-state index in [2.05, 4.69) is 54.2 Å². The van der Waals surface area contributed by atoms with E-state index >= 15 is 0 Å². The Morgan fingerprint density at radius 2 is 1.80 bits per heavy atom. The van der Waals surface area contributed by atoms with Crippen LogP contribution in [0.4, 0.5) is 5.69 Å². The summed E-state index contributed by atoms with van der Waals surface area (Å²) in [5.41, 5.74) is 9.97. The molecule has 112 valence electrons. The molecule has 0 heterocycles. The maximum atomic E-state index is 6.11. The van der Waals surface area contributed by atoms with E-state index in [9.17, 15) is 0 Å². The number of rotatable bonds is 4. The van der Waals surface area contributed by atoms with Gasteiger partial charge in [-0.15, -0.1) is 0 Å². The van der Waals surface area contributed by atoms with E-state index in [1.165, 1.54) is 53.4 Å². The predicted octanol–water partition coefficient (Wildman–Crippen LogP) is 4.78. The zero-order valence-electron chi connectivity index (χ0n) is 12.9. The second-order valence-electron chi connectivity index (χ2n) is 6.39. The van der Waals surface area contributed by atoms with Gasteiger partial charge in [0, 0.05) is 22.2 Å². The van der Waals surface area contributed by atoms with Crippen LogP contribution in [-0.4, -0.2) is 12.1 Å². The van der Waals surface area contributed by atoms with Crippen LogP contribution in [0.5, 0.6) is 0 Å². The topological polar surface area (TPSA) is 38.0 Å². The van der Waals surface area contributed by atoms with Gasteiger partial charge in [-0.3, -0.25) is 0 Å². The lowest BCUT2D eigenvalue weighted by molar-refractivity contribution is 0.253. The van der Waals surface area contributed by atoms with Gasteiger partial charge in [0.2, 0.25) is 0 Å². The number of halogens is 1. The third-order valence-corrected chi connectivity index (χ3v) is 6.13. The van der Waals surface area contributed by atoms with Crippen LogP contribution >= 0.6 is 15.9 Å². The smallest absolute Gasteiger partial charge is 0.0495 e. The average Bonchev–Trinajstić information content (AvgIpc) is 2.45. The minimum atomic E-state index is 0.0956. The summed E-state index contributed by atoms with van der Waals surface area (Å²) in [6.45, 7) is 7.31. The second-order valence-corrected chi connectivity index (χ2v) is 7.18. The maximum absolute atomic E-state index is 6.11. The number of anilines is 1. The summed E-state index contributed by atoms with van der Waals surface area (Å²) in [7, 11) is 0. The Labute approximate surface area is 131 Å². The molecule has 3 heteroatoms. The Morgan fingerprint density at radius 3 is 2.25 bits per heavy atom. The summed E-state index contributed by atoms with van der Waals surface area (Å²) in [5.74, 6) is 0.893. The van der Waals surface area contributed by atoms with Crippen molar-refractivity contribution in [3.63, 3.8) is 0 Å². The highest BCUT2D eigenvalue weighted by Gasteiger charge is 2.33. The summed E-state index contributed by atoms with van der Waals surface area (Å²) in [4.78, 5) is 0.